The molecule has 2 amide bonds. The molecule has 0 aliphatic rings. The average Bonchev–Trinajstić information content (AvgIpc) is 2.91. The van der Waals surface area contributed by atoms with Crippen LogP contribution in [0.5, 0.6) is 5.75 Å². The summed E-state index contributed by atoms with van der Waals surface area (Å²) in [5, 5.41) is 14.6. The minimum atomic E-state index is -0.927. The highest BCUT2D eigenvalue weighted by Crippen LogP contribution is 2.29. The molecule has 0 saturated carbocycles. The van der Waals surface area contributed by atoms with E-state index < -0.39 is 24.2 Å². The van der Waals surface area contributed by atoms with Crippen LogP contribution in [-0.2, 0) is 14.3 Å². The van der Waals surface area contributed by atoms with E-state index in [0.717, 1.165) is 5.56 Å². The molecule has 0 heterocycles. The number of aryl methyl sites for hydroxylation is 1. The number of para-hydroxylation sites is 2. The lowest BCUT2D eigenvalue weighted by molar-refractivity contribution is -0.112. The molecule has 0 aromatic heterocycles. The van der Waals surface area contributed by atoms with Crippen molar-refractivity contribution in [3.05, 3.63) is 96.1 Å². The molecule has 9 heteroatoms. The first-order valence-electron chi connectivity index (χ1n) is 12.2. The van der Waals surface area contributed by atoms with Crippen LogP contribution < -0.4 is 21.1 Å². The molecule has 0 fully saturated rings. The maximum absolute atomic E-state index is 12.9. The predicted molar refractivity (Wildman–Crippen MR) is 147 cm³/mol. The SMILES string of the molecule is CCO[C@@H](/C=C/C(=O)Nc1ccccc1N)[C@@H](OC(=O)Nc1ccc(C)cc1)c1cccc(OCCO)c1. The Kier molecular flexibility index (Phi) is 10.7. The Labute approximate surface area is 222 Å². The molecule has 2 atom stereocenters. The van der Waals surface area contributed by atoms with Gasteiger partial charge in [0.2, 0.25) is 5.91 Å². The first kappa shape index (κ1) is 28.2. The fourth-order valence-corrected chi connectivity index (χ4v) is 3.57. The summed E-state index contributed by atoms with van der Waals surface area (Å²) in [6.45, 7) is 4.01. The van der Waals surface area contributed by atoms with Crippen molar-refractivity contribution >= 4 is 29.1 Å². The zero-order valence-corrected chi connectivity index (χ0v) is 21.4. The molecule has 0 bridgehead atoms. The summed E-state index contributed by atoms with van der Waals surface area (Å²) < 4.78 is 17.3. The van der Waals surface area contributed by atoms with E-state index in [-0.39, 0.29) is 13.2 Å². The van der Waals surface area contributed by atoms with Gasteiger partial charge in [0.15, 0.2) is 6.10 Å². The van der Waals surface area contributed by atoms with Crippen molar-refractivity contribution in [2.75, 3.05) is 36.2 Å². The summed E-state index contributed by atoms with van der Waals surface area (Å²) in [4.78, 5) is 25.5. The van der Waals surface area contributed by atoms with E-state index in [4.69, 9.17) is 25.1 Å². The van der Waals surface area contributed by atoms with Crippen molar-refractivity contribution < 1.29 is 28.9 Å². The minimum Gasteiger partial charge on any atom is -0.491 e. The molecule has 0 saturated heterocycles. The van der Waals surface area contributed by atoms with E-state index in [1.165, 1.54) is 12.2 Å². The normalized spacial score (nSPS) is 12.5. The number of nitrogens with one attached hydrogen (secondary N) is 2. The highest BCUT2D eigenvalue weighted by molar-refractivity contribution is 6.01. The number of aliphatic hydroxyl groups excluding tert-OH is 1. The zero-order chi connectivity index (χ0) is 27.3. The van der Waals surface area contributed by atoms with Crippen LogP contribution in [-0.4, -0.2) is 43.0 Å². The van der Waals surface area contributed by atoms with E-state index >= 15 is 0 Å². The second kappa shape index (κ2) is 14.4. The molecule has 0 radical (unpaired) electrons. The van der Waals surface area contributed by atoms with Crippen molar-refractivity contribution in [2.45, 2.75) is 26.1 Å². The van der Waals surface area contributed by atoms with Gasteiger partial charge in [-0.25, -0.2) is 4.79 Å². The van der Waals surface area contributed by atoms with Gasteiger partial charge in [0.05, 0.1) is 18.0 Å². The van der Waals surface area contributed by atoms with E-state index in [1.807, 2.05) is 19.1 Å². The van der Waals surface area contributed by atoms with Gasteiger partial charge in [-0.3, -0.25) is 10.1 Å². The Morgan fingerprint density at radius 1 is 1.03 bits per heavy atom. The Morgan fingerprint density at radius 3 is 2.50 bits per heavy atom. The largest absolute Gasteiger partial charge is 0.491 e. The van der Waals surface area contributed by atoms with Crippen LogP contribution in [0.3, 0.4) is 0 Å². The number of hydrogen-bond acceptors (Lipinski definition) is 7. The Bertz CT molecular complexity index is 1230. The van der Waals surface area contributed by atoms with Crippen LogP contribution in [0.25, 0.3) is 0 Å². The van der Waals surface area contributed by atoms with Gasteiger partial charge in [-0.15, -0.1) is 0 Å². The number of carbonyl (C=O) groups is 2. The van der Waals surface area contributed by atoms with Crippen LogP contribution in [0.2, 0.25) is 0 Å². The molecular formula is C29H33N3O6. The first-order valence-corrected chi connectivity index (χ1v) is 12.2. The number of rotatable bonds is 12. The third kappa shape index (κ3) is 8.65. The standard InChI is InChI=1S/C29H33N3O6/c1-3-36-26(15-16-27(34)32-25-10-5-4-9-24(25)30)28(21-7-6-8-23(19-21)37-18-17-33)38-29(35)31-22-13-11-20(2)12-14-22/h4-16,19,26,28,33H,3,17-18,30H2,1-2H3,(H,31,35)(H,32,34)/b16-15+/t26-,28-/m0/s1. The van der Waals surface area contributed by atoms with Crippen LogP contribution in [0, 0.1) is 6.92 Å². The quantitative estimate of drug-likeness (QED) is 0.199. The number of anilines is 3. The monoisotopic (exact) mass is 519 g/mol. The maximum atomic E-state index is 12.9. The second-order valence-electron chi connectivity index (χ2n) is 8.32. The van der Waals surface area contributed by atoms with Crippen molar-refractivity contribution in [1.29, 1.82) is 0 Å². The van der Waals surface area contributed by atoms with E-state index in [9.17, 15) is 9.59 Å². The average molecular weight is 520 g/mol. The van der Waals surface area contributed by atoms with Crippen LogP contribution >= 0.6 is 0 Å². The van der Waals surface area contributed by atoms with Crippen LogP contribution in [0.15, 0.2) is 84.9 Å². The molecule has 38 heavy (non-hydrogen) atoms. The number of ether oxygens (including phenoxy) is 3. The molecule has 0 aliphatic carbocycles. The van der Waals surface area contributed by atoms with Gasteiger partial charge < -0.3 is 30.4 Å². The first-order chi connectivity index (χ1) is 18.4. The minimum absolute atomic E-state index is 0.112. The number of benzene rings is 3. The van der Waals surface area contributed by atoms with Gasteiger partial charge >= 0.3 is 6.09 Å². The lowest BCUT2D eigenvalue weighted by Crippen LogP contribution is -2.28. The number of hydrogen-bond donors (Lipinski definition) is 4. The molecular weight excluding hydrogens is 486 g/mol. The number of nitrogens with two attached hydrogens (primary N) is 1. The van der Waals surface area contributed by atoms with Gasteiger partial charge in [0, 0.05) is 18.4 Å². The van der Waals surface area contributed by atoms with Gasteiger partial charge in [0.1, 0.15) is 18.5 Å². The van der Waals surface area contributed by atoms with Crippen molar-refractivity contribution in [3.8, 4) is 5.75 Å². The number of carbonyl (C=O) groups excluding carboxylic acids is 2. The smallest absolute Gasteiger partial charge is 0.412 e. The highest BCUT2D eigenvalue weighted by atomic mass is 16.6. The molecule has 3 aromatic carbocycles. The Balaban J connectivity index is 1.85. The van der Waals surface area contributed by atoms with Crippen molar-refractivity contribution in [3.63, 3.8) is 0 Å². The molecule has 0 aliphatic heterocycles. The zero-order valence-electron chi connectivity index (χ0n) is 21.4. The van der Waals surface area contributed by atoms with Crippen LogP contribution in [0.4, 0.5) is 21.9 Å². The van der Waals surface area contributed by atoms with E-state index in [0.29, 0.717) is 35.0 Å². The number of aliphatic hydroxyl groups is 1. The van der Waals surface area contributed by atoms with Gasteiger partial charge in [0.25, 0.3) is 0 Å². The van der Waals surface area contributed by atoms with E-state index in [1.54, 1.807) is 67.6 Å². The summed E-state index contributed by atoms with van der Waals surface area (Å²) >= 11 is 0. The van der Waals surface area contributed by atoms with Gasteiger partial charge in [-0.05, 0) is 61.9 Å². The Hall–Kier alpha value is -4.34. The molecule has 0 unspecified atom stereocenters. The fraction of sp³-hybridized carbons (Fsp3) is 0.241. The summed E-state index contributed by atoms with van der Waals surface area (Å²) in [5.41, 5.74) is 9.04. The fourth-order valence-electron chi connectivity index (χ4n) is 3.57. The second-order valence-corrected chi connectivity index (χ2v) is 8.32. The van der Waals surface area contributed by atoms with Crippen LogP contribution in [0.1, 0.15) is 24.2 Å². The molecule has 5 N–H and O–H groups in total. The third-order valence-corrected chi connectivity index (χ3v) is 5.39. The lowest BCUT2D eigenvalue weighted by atomic mass is 10.0. The topological polar surface area (TPSA) is 132 Å². The number of nitrogen functional groups attached to an aromatic ring is 1. The lowest BCUT2D eigenvalue weighted by Gasteiger charge is -2.26. The van der Waals surface area contributed by atoms with Crippen molar-refractivity contribution in [2.24, 2.45) is 0 Å². The van der Waals surface area contributed by atoms with Gasteiger partial charge in [-0.1, -0.05) is 42.0 Å². The molecule has 0 spiro atoms. The molecule has 3 aromatic rings. The summed E-state index contributed by atoms with van der Waals surface area (Å²) in [7, 11) is 0. The summed E-state index contributed by atoms with van der Waals surface area (Å²) in [6.07, 6.45) is 0.413. The molecule has 9 nitrogen and oxygen atoms in total. The third-order valence-electron chi connectivity index (χ3n) is 5.39. The number of amides is 2. The van der Waals surface area contributed by atoms with Gasteiger partial charge in [-0.2, -0.15) is 0 Å². The predicted octanol–water partition coefficient (Wildman–Crippen LogP) is 4.84. The molecule has 200 valence electrons. The summed E-state index contributed by atoms with van der Waals surface area (Å²) in [6, 6.07) is 21.1. The molecule has 3 rings (SSSR count). The van der Waals surface area contributed by atoms with Crippen molar-refractivity contribution in [1.82, 2.24) is 0 Å². The summed E-state index contributed by atoms with van der Waals surface area (Å²) in [5.74, 6) is 0.0658. The Morgan fingerprint density at radius 2 is 1.79 bits per heavy atom. The maximum Gasteiger partial charge on any atom is 0.412 e. The highest BCUT2D eigenvalue weighted by Gasteiger charge is 2.27. The van der Waals surface area contributed by atoms with E-state index in [2.05, 4.69) is 10.6 Å².